The van der Waals surface area contributed by atoms with Crippen molar-refractivity contribution in [3.8, 4) is 17.3 Å². The van der Waals surface area contributed by atoms with Crippen LogP contribution in [-0.2, 0) is 12.0 Å². The number of nitrogens with zero attached hydrogens (tertiary/aromatic N) is 4. The van der Waals surface area contributed by atoms with Crippen molar-refractivity contribution in [2.24, 2.45) is 4.99 Å². The predicted molar refractivity (Wildman–Crippen MR) is 75.3 cm³/mol. The molecular weight excluding hydrogens is 248 g/mol. The van der Waals surface area contributed by atoms with Crippen molar-refractivity contribution in [2.45, 2.75) is 24.8 Å². The molecule has 1 aromatic heterocycles. The van der Waals surface area contributed by atoms with Crippen molar-refractivity contribution < 1.29 is 0 Å². The second-order valence-corrected chi connectivity index (χ2v) is 5.33. The first-order valence-electron chi connectivity index (χ1n) is 6.68. The summed E-state index contributed by atoms with van der Waals surface area (Å²) in [4.78, 5) is 12.9. The van der Waals surface area contributed by atoms with Gasteiger partial charge in [0.25, 0.3) is 0 Å². The molecule has 4 nitrogen and oxygen atoms in total. The molecule has 0 spiro atoms. The standard InChI is InChI=1S/C16H12N4/c17-9-16(4-5-16)12-3-1-2-11(6-12)15-13-7-18-8-14(13)19-10-20-15/h1-3,6-7,10H,4-5,8H2. The number of hydrogen-bond donors (Lipinski definition) is 0. The van der Waals surface area contributed by atoms with Gasteiger partial charge in [-0.25, -0.2) is 9.97 Å². The Hall–Kier alpha value is -2.54. The zero-order valence-corrected chi connectivity index (χ0v) is 10.9. The molecule has 1 aliphatic heterocycles. The number of rotatable bonds is 2. The summed E-state index contributed by atoms with van der Waals surface area (Å²) in [5.74, 6) is 0. The third-order valence-electron chi connectivity index (χ3n) is 4.08. The Morgan fingerprint density at radius 3 is 2.90 bits per heavy atom. The van der Waals surface area contributed by atoms with E-state index < -0.39 is 0 Å². The molecule has 96 valence electrons. The smallest absolute Gasteiger partial charge is 0.116 e. The first-order valence-corrected chi connectivity index (χ1v) is 6.68. The van der Waals surface area contributed by atoms with Crippen LogP contribution in [0.2, 0.25) is 0 Å². The Labute approximate surface area is 116 Å². The summed E-state index contributed by atoms with van der Waals surface area (Å²) >= 11 is 0. The molecule has 2 aromatic rings. The minimum absolute atomic E-state index is 0.264. The predicted octanol–water partition coefficient (Wildman–Crippen LogP) is 2.63. The van der Waals surface area contributed by atoms with Gasteiger partial charge in [-0.2, -0.15) is 5.26 Å². The molecular formula is C16H12N4. The van der Waals surface area contributed by atoms with Gasteiger partial charge in [-0.15, -0.1) is 0 Å². The van der Waals surface area contributed by atoms with Crippen LogP contribution in [0.25, 0.3) is 11.3 Å². The summed E-state index contributed by atoms with van der Waals surface area (Å²) in [5, 5.41) is 9.33. The van der Waals surface area contributed by atoms with Crippen molar-refractivity contribution in [3.63, 3.8) is 0 Å². The Bertz CT molecular complexity index is 766. The van der Waals surface area contributed by atoms with E-state index in [1.165, 1.54) is 0 Å². The van der Waals surface area contributed by atoms with E-state index >= 15 is 0 Å². The van der Waals surface area contributed by atoms with Crippen molar-refractivity contribution >= 4 is 6.21 Å². The molecule has 0 amide bonds. The molecule has 1 saturated carbocycles. The summed E-state index contributed by atoms with van der Waals surface area (Å²) < 4.78 is 0. The van der Waals surface area contributed by atoms with Crippen LogP contribution < -0.4 is 0 Å². The van der Waals surface area contributed by atoms with Gasteiger partial charge in [0.05, 0.1) is 29.4 Å². The van der Waals surface area contributed by atoms with Crippen LogP contribution in [0.5, 0.6) is 0 Å². The summed E-state index contributed by atoms with van der Waals surface area (Å²) in [5.41, 5.74) is 4.76. The number of aliphatic imine (C=N–C) groups is 1. The molecule has 0 atom stereocenters. The lowest BCUT2D eigenvalue weighted by Gasteiger charge is -2.10. The number of fused-ring (bicyclic) bond motifs is 1. The molecule has 0 saturated heterocycles. The maximum absolute atomic E-state index is 9.33. The Morgan fingerprint density at radius 2 is 2.10 bits per heavy atom. The van der Waals surface area contributed by atoms with E-state index in [-0.39, 0.29) is 5.41 Å². The maximum atomic E-state index is 9.33. The molecule has 0 unspecified atom stereocenters. The van der Waals surface area contributed by atoms with E-state index in [9.17, 15) is 5.26 Å². The highest BCUT2D eigenvalue weighted by molar-refractivity contribution is 5.91. The van der Waals surface area contributed by atoms with Crippen LogP contribution in [0, 0.1) is 11.3 Å². The minimum atomic E-state index is -0.264. The molecule has 20 heavy (non-hydrogen) atoms. The molecule has 1 fully saturated rings. The highest BCUT2D eigenvalue weighted by Gasteiger charge is 2.44. The molecule has 0 N–H and O–H groups in total. The summed E-state index contributed by atoms with van der Waals surface area (Å²) in [7, 11) is 0. The Balaban J connectivity index is 1.85. The SMILES string of the molecule is N#CC1(c2cccc(-c3ncnc4c3C=NC4)c2)CC1. The van der Waals surface area contributed by atoms with Gasteiger partial charge < -0.3 is 0 Å². The molecule has 4 rings (SSSR count). The van der Waals surface area contributed by atoms with Crippen LogP contribution in [0.15, 0.2) is 35.6 Å². The zero-order chi connectivity index (χ0) is 13.6. The number of hydrogen-bond acceptors (Lipinski definition) is 4. The molecule has 2 heterocycles. The quantitative estimate of drug-likeness (QED) is 0.833. The number of benzene rings is 1. The first kappa shape index (κ1) is 11.3. The Kier molecular flexibility index (Phi) is 2.25. The van der Waals surface area contributed by atoms with Crippen LogP contribution in [0.3, 0.4) is 0 Å². The monoisotopic (exact) mass is 260 g/mol. The van der Waals surface area contributed by atoms with Crippen LogP contribution in [0.1, 0.15) is 29.7 Å². The summed E-state index contributed by atoms with van der Waals surface area (Å²) in [6, 6.07) is 10.6. The average Bonchev–Trinajstić information content (AvgIpc) is 3.16. The van der Waals surface area contributed by atoms with Crippen LogP contribution >= 0.6 is 0 Å². The van der Waals surface area contributed by atoms with E-state index in [1.54, 1.807) is 6.33 Å². The topological polar surface area (TPSA) is 61.9 Å². The second-order valence-electron chi connectivity index (χ2n) is 5.33. The molecule has 0 radical (unpaired) electrons. The summed E-state index contributed by atoms with van der Waals surface area (Å²) in [6.45, 7) is 0.632. The lowest BCUT2D eigenvalue weighted by Crippen LogP contribution is -2.03. The zero-order valence-electron chi connectivity index (χ0n) is 10.9. The number of aromatic nitrogens is 2. The van der Waals surface area contributed by atoms with E-state index in [0.717, 1.165) is 40.9 Å². The third-order valence-corrected chi connectivity index (χ3v) is 4.08. The van der Waals surface area contributed by atoms with Gasteiger partial charge in [0, 0.05) is 17.3 Å². The van der Waals surface area contributed by atoms with Gasteiger partial charge in [-0.3, -0.25) is 4.99 Å². The molecule has 2 aliphatic rings. The van der Waals surface area contributed by atoms with Crippen molar-refractivity contribution in [2.75, 3.05) is 0 Å². The van der Waals surface area contributed by atoms with E-state index in [1.807, 2.05) is 24.4 Å². The lowest BCUT2D eigenvalue weighted by atomic mass is 9.94. The van der Waals surface area contributed by atoms with Crippen molar-refractivity contribution in [3.05, 3.63) is 47.4 Å². The molecule has 0 bridgehead atoms. The fourth-order valence-electron chi connectivity index (χ4n) is 2.70. The van der Waals surface area contributed by atoms with Gasteiger partial charge in [0.2, 0.25) is 0 Å². The third kappa shape index (κ3) is 1.56. The normalized spacial score (nSPS) is 17.6. The van der Waals surface area contributed by atoms with E-state index in [2.05, 4.69) is 27.1 Å². The second kappa shape index (κ2) is 3.97. The van der Waals surface area contributed by atoms with Crippen molar-refractivity contribution in [1.29, 1.82) is 5.26 Å². The van der Waals surface area contributed by atoms with E-state index in [0.29, 0.717) is 6.54 Å². The first-order chi connectivity index (χ1) is 9.82. The van der Waals surface area contributed by atoms with Crippen LogP contribution in [0.4, 0.5) is 0 Å². The average molecular weight is 260 g/mol. The molecule has 1 aromatic carbocycles. The highest BCUT2D eigenvalue weighted by atomic mass is 14.9. The van der Waals surface area contributed by atoms with Gasteiger partial charge in [0.1, 0.15) is 6.33 Å². The highest BCUT2D eigenvalue weighted by Crippen LogP contribution is 2.48. The minimum Gasteiger partial charge on any atom is -0.286 e. The van der Waals surface area contributed by atoms with Gasteiger partial charge >= 0.3 is 0 Å². The largest absolute Gasteiger partial charge is 0.286 e. The fraction of sp³-hybridized carbons (Fsp3) is 0.250. The van der Waals surface area contributed by atoms with Gasteiger partial charge in [-0.1, -0.05) is 18.2 Å². The van der Waals surface area contributed by atoms with Crippen molar-refractivity contribution in [1.82, 2.24) is 9.97 Å². The molecule has 1 aliphatic carbocycles. The maximum Gasteiger partial charge on any atom is 0.116 e. The fourth-order valence-corrected chi connectivity index (χ4v) is 2.70. The summed E-state index contributed by atoms with van der Waals surface area (Å²) in [6.07, 6.45) is 5.34. The van der Waals surface area contributed by atoms with Crippen LogP contribution in [-0.4, -0.2) is 16.2 Å². The number of nitriles is 1. The van der Waals surface area contributed by atoms with Gasteiger partial charge in [0.15, 0.2) is 0 Å². The Morgan fingerprint density at radius 1 is 1.20 bits per heavy atom. The van der Waals surface area contributed by atoms with E-state index in [4.69, 9.17) is 0 Å². The molecule has 4 heteroatoms. The van der Waals surface area contributed by atoms with Gasteiger partial charge in [-0.05, 0) is 24.5 Å². The lowest BCUT2D eigenvalue weighted by molar-refractivity contribution is 0.908.